The number of nitrogens with zero attached hydrogens (tertiary/aromatic N) is 2. The van der Waals surface area contributed by atoms with Gasteiger partial charge >= 0.3 is 0 Å². The van der Waals surface area contributed by atoms with Gasteiger partial charge in [0.25, 0.3) is 0 Å². The highest BCUT2D eigenvalue weighted by Gasteiger charge is 2.11. The van der Waals surface area contributed by atoms with Crippen molar-refractivity contribution in [1.82, 2.24) is 10.3 Å². The van der Waals surface area contributed by atoms with Crippen LogP contribution in [0.25, 0.3) is 0 Å². The average Bonchev–Trinajstić information content (AvgIpc) is 2.58. The summed E-state index contributed by atoms with van der Waals surface area (Å²) in [6, 6.07) is 6.19. The normalized spacial score (nSPS) is 17.2. The van der Waals surface area contributed by atoms with Crippen LogP contribution in [0.3, 0.4) is 0 Å². The molecule has 88 valence electrons. The standard InChI is InChI=1S/C12H19N3O/c1-13-10-11-4-2-5-12(14-11)15-6-3-8-16-9-7-15/h2,4-5,13H,3,6-10H2,1H3. The van der Waals surface area contributed by atoms with Gasteiger partial charge in [0.1, 0.15) is 5.82 Å². The summed E-state index contributed by atoms with van der Waals surface area (Å²) in [5.41, 5.74) is 1.09. The van der Waals surface area contributed by atoms with Gasteiger partial charge in [-0.15, -0.1) is 0 Å². The predicted molar refractivity (Wildman–Crippen MR) is 64.6 cm³/mol. The fourth-order valence-electron chi connectivity index (χ4n) is 1.90. The number of pyridine rings is 1. The first-order valence-corrected chi connectivity index (χ1v) is 5.83. The maximum Gasteiger partial charge on any atom is 0.128 e. The Kier molecular flexibility index (Phi) is 4.13. The SMILES string of the molecule is CNCc1cccc(N2CCCOCC2)n1. The molecule has 16 heavy (non-hydrogen) atoms. The van der Waals surface area contributed by atoms with Crippen LogP contribution in [0.15, 0.2) is 18.2 Å². The van der Waals surface area contributed by atoms with Crippen molar-refractivity contribution in [3.63, 3.8) is 0 Å². The molecule has 2 heterocycles. The van der Waals surface area contributed by atoms with E-state index in [0.29, 0.717) is 0 Å². The highest BCUT2D eigenvalue weighted by molar-refractivity contribution is 5.39. The molecular weight excluding hydrogens is 202 g/mol. The summed E-state index contributed by atoms with van der Waals surface area (Å²) in [4.78, 5) is 6.93. The zero-order chi connectivity index (χ0) is 11.2. The molecule has 2 rings (SSSR count). The third-order valence-corrected chi connectivity index (χ3v) is 2.70. The van der Waals surface area contributed by atoms with Gasteiger partial charge in [-0.3, -0.25) is 0 Å². The zero-order valence-electron chi connectivity index (χ0n) is 9.78. The van der Waals surface area contributed by atoms with Crippen LogP contribution in [0.5, 0.6) is 0 Å². The lowest BCUT2D eigenvalue weighted by molar-refractivity contribution is 0.152. The quantitative estimate of drug-likeness (QED) is 0.827. The van der Waals surface area contributed by atoms with E-state index in [1.165, 1.54) is 0 Å². The van der Waals surface area contributed by atoms with Gasteiger partial charge in [0.15, 0.2) is 0 Å². The molecule has 1 saturated heterocycles. The third-order valence-electron chi connectivity index (χ3n) is 2.70. The largest absolute Gasteiger partial charge is 0.380 e. The van der Waals surface area contributed by atoms with E-state index in [0.717, 1.165) is 50.8 Å². The first kappa shape index (κ1) is 11.4. The minimum atomic E-state index is 0.804. The van der Waals surface area contributed by atoms with Crippen molar-refractivity contribution in [2.24, 2.45) is 0 Å². The van der Waals surface area contributed by atoms with E-state index in [9.17, 15) is 0 Å². The molecule has 1 aliphatic rings. The molecule has 0 unspecified atom stereocenters. The van der Waals surface area contributed by atoms with Gasteiger partial charge in [0.2, 0.25) is 0 Å². The first-order chi connectivity index (χ1) is 7.90. The van der Waals surface area contributed by atoms with Crippen LogP contribution in [0.1, 0.15) is 12.1 Å². The molecule has 0 aromatic carbocycles. The Bertz CT molecular complexity index is 322. The van der Waals surface area contributed by atoms with Gasteiger partial charge in [-0.25, -0.2) is 4.98 Å². The molecule has 0 aliphatic carbocycles. The van der Waals surface area contributed by atoms with E-state index in [1.54, 1.807) is 0 Å². The second kappa shape index (κ2) is 5.82. The molecule has 1 aromatic heterocycles. The maximum atomic E-state index is 5.44. The molecular formula is C12H19N3O. The van der Waals surface area contributed by atoms with Crippen LogP contribution < -0.4 is 10.2 Å². The van der Waals surface area contributed by atoms with Crippen molar-refractivity contribution < 1.29 is 4.74 Å². The second-order valence-corrected chi connectivity index (χ2v) is 3.97. The van der Waals surface area contributed by atoms with E-state index in [4.69, 9.17) is 4.74 Å². The summed E-state index contributed by atoms with van der Waals surface area (Å²) in [6.45, 7) is 4.47. The smallest absolute Gasteiger partial charge is 0.128 e. The van der Waals surface area contributed by atoms with Crippen LogP contribution in [0, 0.1) is 0 Å². The van der Waals surface area contributed by atoms with Crippen molar-refractivity contribution in [2.75, 3.05) is 38.3 Å². The molecule has 0 saturated carbocycles. The number of anilines is 1. The Morgan fingerprint density at radius 2 is 2.31 bits per heavy atom. The number of rotatable bonds is 3. The van der Waals surface area contributed by atoms with Gasteiger partial charge in [0, 0.05) is 26.2 Å². The average molecular weight is 221 g/mol. The fourth-order valence-corrected chi connectivity index (χ4v) is 1.90. The molecule has 0 atom stereocenters. The van der Waals surface area contributed by atoms with Gasteiger partial charge in [0.05, 0.1) is 12.3 Å². The van der Waals surface area contributed by atoms with Crippen LogP contribution >= 0.6 is 0 Å². The van der Waals surface area contributed by atoms with Crippen LogP contribution in [0.4, 0.5) is 5.82 Å². The summed E-state index contributed by atoms with van der Waals surface area (Å²) < 4.78 is 5.44. The molecule has 0 amide bonds. The highest BCUT2D eigenvalue weighted by Crippen LogP contribution is 2.13. The maximum absolute atomic E-state index is 5.44. The lowest BCUT2D eigenvalue weighted by Crippen LogP contribution is -2.27. The van der Waals surface area contributed by atoms with E-state index < -0.39 is 0 Å². The van der Waals surface area contributed by atoms with E-state index in [2.05, 4.69) is 27.3 Å². The molecule has 1 aromatic rings. The molecule has 1 aliphatic heterocycles. The molecule has 0 radical (unpaired) electrons. The van der Waals surface area contributed by atoms with Crippen LogP contribution in [-0.4, -0.2) is 38.3 Å². The number of aromatic nitrogens is 1. The fraction of sp³-hybridized carbons (Fsp3) is 0.583. The first-order valence-electron chi connectivity index (χ1n) is 5.83. The van der Waals surface area contributed by atoms with E-state index >= 15 is 0 Å². The lowest BCUT2D eigenvalue weighted by atomic mass is 10.3. The minimum absolute atomic E-state index is 0.804. The van der Waals surface area contributed by atoms with Crippen molar-refractivity contribution >= 4 is 5.82 Å². The zero-order valence-corrected chi connectivity index (χ0v) is 9.78. The van der Waals surface area contributed by atoms with Gasteiger partial charge < -0.3 is 15.0 Å². The van der Waals surface area contributed by atoms with E-state index in [1.807, 2.05) is 13.1 Å². The lowest BCUT2D eigenvalue weighted by Gasteiger charge is -2.21. The third kappa shape index (κ3) is 2.93. The second-order valence-electron chi connectivity index (χ2n) is 3.97. The van der Waals surface area contributed by atoms with Crippen molar-refractivity contribution in [1.29, 1.82) is 0 Å². The van der Waals surface area contributed by atoms with Crippen molar-refractivity contribution in [2.45, 2.75) is 13.0 Å². The summed E-state index contributed by atoms with van der Waals surface area (Å²) in [5, 5.41) is 3.12. The number of ether oxygens (including phenoxy) is 1. The molecule has 0 bridgehead atoms. The Morgan fingerprint density at radius 3 is 3.19 bits per heavy atom. The van der Waals surface area contributed by atoms with Crippen LogP contribution in [-0.2, 0) is 11.3 Å². The summed E-state index contributed by atoms with van der Waals surface area (Å²) in [7, 11) is 1.94. The molecule has 1 N–H and O–H groups in total. The van der Waals surface area contributed by atoms with Gasteiger partial charge in [-0.2, -0.15) is 0 Å². The Hall–Kier alpha value is -1.13. The molecule has 4 nitrogen and oxygen atoms in total. The topological polar surface area (TPSA) is 37.4 Å². The monoisotopic (exact) mass is 221 g/mol. The van der Waals surface area contributed by atoms with Crippen molar-refractivity contribution in [3.8, 4) is 0 Å². The van der Waals surface area contributed by atoms with Crippen molar-refractivity contribution in [3.05, 3.63) is 23.9 Å². The van der Waals surface area contributed by atoms with E-state index in [-0.39, 0.29) is 0 Å². The Balaban J connectivity index is 2.08. The minimum Gasteiger partial charge on any atom is -0.380 e. The van der Waals surface area contributed by atoms with Gasteiger partial charge in [-0.05, 0) is 25.6 Å². The Labute approximate surface area is 96.6 Å². The number of nitrogens with one attached hydrogen (secondary N) is 1. The molecule has 4 heteroatoms. The molecule has 1 fully saturated rings. The highest BCUT2D eigenvalue weighted by atomic mass is 16.5. The summed E-state index contributed by atoms with van der Waals surface area (Å²) >= 11 is 0. The summed E-state index contributed by atoms with van der Waals surface area (Å²) in [5.74, 6) is 1.07. The molecule has 0 spiro atoms. The summed E-state index contributed by atoms with van der Waals surface area (Å²) in [6.07, 6.45) is 1.08. The Morgan fingerprint density at radius 1 is 1.38 bits per heavy atom. The predicted octanol–water partition coefficient (Wildman–Crippen LogP) is 1.03. The van der Waals surface area contributed by atoms with Crippen LogP contribution in [0.2, 0.25) is 0 Å². The number of hydrogen-bond acceptors (Lipinski definition) is 4. The van der Waals surface area contributed by atoms with Gasteiger partial charge in [-0.1, -0.05) is 6.07 Å². The number of hydrogen-bond donors (Lipinski definition) is 1.